The van der Waals surface area contributed by atoms with Crippen molar-refractivity contribution in [1.29, 1.82) is 0 Å². The average Bonchev–Trinajstić information content (AvgIpc) is 2.49. The van der Waals surface area contributed by atoms with Gasteiger partial charge < -0.3 is 15.4 Å². The monoisotopic (exact) mass is 301 g/mol. The Bertz CT molecular complexity index is 599. The number of para-hydroxylation sites is 1. The van der Waals surface area contributed by atoms with E-state index in [-0.39, 0.29) is 0 Å². The van der Waals surface area contributed by atoms with E-state index in [1.165, 1.54) is 0 Å². The lowest BCUT2D eigenvalue weighted by molar-refractivity contribution is 0.336. The maximum absolute atomic E-state index is 5.58. The molecule has 0 aliphatic carbocycles. The van der Waals surface area contributed by atoms with Crippen LogP contribution < -0.4 is 15.4 Å². The van der Waals surface area contributed by atoms with Crippen LogP contribution in [0.25, 0.3) is 0 Å². The van der Waals surface area contributed by atoms with Gasteiger partial charge in [0.15, 0.2) is 5.11 Å². The van der Waals surface area contributed by atoms with Gasteiger partial charge in [0.05, 0.1) is 6.61 Å². The van der Waals surface area contributed by atoms with Crippen molar-refractivity contribution in [2.24, 2.45) is 0 Å². The van der Waals surface area contributed by atoms with Crippen LogP contribution in [0.2, 0.25) is 0 Å². The lowest BCUT2D eigenvalue weighted by Crippen LogP contribution is -2.28. The molecule has 0 aliphatic rings. The van der Waals surface area contributed by atoms with E-state index in [0.717, 1.165) is 22.7 Å². The Hall–Kier alpha value is -2.14. The summed E-state index contributed by atoms with van der Waals surface area (Å²) >= 11 is 5.27. The predicted molar refractivity (Wildman–Crippen MR) is 89.6 cm³/mol. The number of nitrogens with zero attached hydrogens (tertiary/aromatic N) is 1. The molecular formula is C16H19N3OS. The van der Waals surface area contributed by atoms with Crippen molar-refractivity contribution in [3.05, 3.63) is 53.7 Å². The first-order valence-electron chi connectivity index (χ1n) is 6.87. The van der Waals surface area contributed by atoms with Crippen molar-refractivity contribution in [2.75, 3.05) is 11.9 Å². The van der Waals surface area contributed by atoms with E-state index in [9.17, 15) is 0 Å². The van der Waals surface area contributed by atoms with Gasteiger partial charge >= 0.3 is 0 Å². The highest BCUT2D eigenvalue weighted by Gasteiger charge is 2.04. The molecule has 0 spiro atoms. The van der Waals surface area contributed by atoms with E-state index in [4.69, 9.17) is 17.0 Å². The van der Waals surface area contributed by atoms with E-state index >= 15 is 0 Å². The van der Waals surface area contributed by atoms with Gasteiger partial charge in [0.1, 0.15) is 11.6 Å². The maximum atomic E-state index is 5.58. The number of rotatable bonds is 5. The molecular weight excluding hydrogens is 282 g/mol. The molecule has 5 heteroatoms. The molecule has 0 saturated heterocycles. The molecule has 0 unspecified atom stereocenters. The molecule has 1 aromatic heterocycles. The molecule has 1 heterocycles. The molecule has 2 rings (SSSR count). The molecule has 21 heavy (non-hydrogen) atoms. The van der Waals surface area contributed by atoms with Gasteiger partial charge in [-0.25, -0.2) is 4.98 Å². The van der Waals surface area contributed by atoms with Gasteiger partial charge in [-0.1, -0.05) is 24.3 Å². The molecule has 0 aliphatic heterocycles. The Morgan fingerprint density at radius 1 is 1.24 bits per heavy atom. The summed E-state index contributed by atoms with van der Waals surface area (Å²) in [7, 11) is 0. The molecule has 1 aromatic carbocycles. The number of nitrogens with one attached hydrogen (secondary N) is 2. The van der Waals surface area contributed by atoms with Crippen LogP contribution in [0.3, 0.4) is 0 Å². The Morgan fingerprint density at radius 2 is 2.05 bits per heavy atom. The molecule has 110 valence electrons. The molecule has 0 saturated carbocycles. The topological polar surface area (TPSA) is 46.2 Å². The summed E-state index contributed by atoms with van der Waals surface area (Å²) in [4.78, 5) is 4.26. The minimum atomic E-state index is 0.539. The van der Waals surface area contributed by atoms with Crippen LogP contribution in [0, 0.1) is 6.92 Å². The fourth-order valence-corrected chi connectivity index (χ4v) is 2.00. The second-order valence-corrected chi connectivity index (χ2v) is 4.98. The van der Waals surface area contributed by atoms with Crippen molar-refractivity contribution in [3.8, 4) is 5.75 Å². The van der Waals surface area contributed by atoms with Gasteiger partial charge in [-0.2, -0.15) is 0 Å². The third-order valence-corrected chi connectivity index (χ3v) is 3.11. The number of ether oxygens (including phenoxy) is 1. The zero-order chi connectivity index (χ0) is 15.1. The second-order valence-electron chi connectivity index (χ2n) is 4.57. The van der Waals surface area contributed by atoms with Gasteiger partial charge in [0.25, 0.3) is 0 Å². The van der Waals surface area contributed by atoms with Gasteiger partial charge in [0, 0.05) is 18.3 Å². The van der Waals surface area contributed by atoms with E-state index < -0.39 is 0 Å². The van der Waals surface area contributed by atoms with E-state index in [2.05, 4.69) is 15.6 Å². The number of thiocarbonyl (C=S) groups is 1. The summed E-state index contributed by atoms with van der Waals surface area (Å²) in [6, 6.07) is 11.8. The van der Waals surface area contributed by atoms with Gasteiger partial charge in [-0.05, 0) is 43.8 Å². The minimum Gasteiger partial charge on any atom is -0.494 e. The van der Waals surface area contributed by atoms with E-state index in [1.54, 1.807) is 6.20 Å². The largest absolute Gasteiger partial charge is 0.494 e. The number of hydrogen-bond acceptors (Lipinski definition) is 3. The average molecular weight is 301 g/mol. The van der Waals surface area contributed by atoms with Gasteiger partial charge in [-0.15, -0.1) is 0 Å². The smallest absolute Gasteiger partial charge is 0.172 e. The second kappa shape index (κ2) is 7.59. The molecule has 0 radical (unpaired) electrons. The molecule has 2 N–H and O–H groups in total. The third kappa shape index (κ3) is 4.72. The highest BCUT2D eigenvalue weighted by Crippen LogP contribution is 2.17. The fourth-order valence-electron chi connectivity index (χ4n) is 1.82. The Labute approximate surface area is 130 Å². The molecule has 0 amide bonds. The molecule has 4 nitrogen and oxygen atoms in total. The first-order valence-corrected chi connectivity index (χ1v) is 7.28. The molecule has 0 bridgehead atoms. The summed E-state index contributed by atoms with van der Waals surface area (Å²) < 4.78 is 5.58. The number of aromatic nitrogens is 1. The van der Waals surface area contributed by atoms with Crippen LogP contribution >= 0.6 is 12.2 Å². The zero-order valence-electron chi connectivity index (χ0n) is 12.2. The quantitative estimate of drug-likeness (QED) is 0.830. The first kappa shape index (κ1) is 15.3. The fraction of sp³-hybridized carbons (Fsp3) is 0.250. The highest BCUT2D eigenvalue weighted by atomic mass is 32.1. The van der Waals surface area contributed by atoms with Crippen LogP contribution in [-0.4, -0.2) is 16.7 Å². The number of aryl methyl sites for hydroxylation is 1. The van der Waals surface area contributed by atoms with Crippen molar-refractivity contribution < 1.29 is 4.74 Å². The maximum Gasteiger partial charge on any atom is 0.172 e. The number of benzene rings is 1. The summed E-state index contributed by atoms with van der Waals surface area (Å²) in [5, 5.41) is 6.76. The first-order chi connectivity index (χ1) is 10.2. The van der Waals surface area contributed by atoms with E-state index in [0.29, 0.717) is 18.3 Å². The summed E-state index contributed by atoms with van der Waals surface area (Å²) in [5.41, 5.74) is 2.19. The van der Waals surface area contributed by atoms with Gasteiger partial charge in [-0.3, -0.25) is 0 Å². The van der Waals surface area contributed by atoms with E-state index in [1.807, 2.05) is 50.2 Å². The number of hydrogen-bond donors (Lipinski definition) is 2. The van der Waals surface area contributed by atoms with Crippen LogP contribution in [-0.2, 0) is 6.54 Å². The van der Waals surface area contributed by atoms with Crippen LogP contribution in [0.15, 0.2) is 42.6 Å². The Kier molecular flexibility index (Phi) is 5.51. The summed E-state index contributed by atoms with van der Waals surface area (Å²) in [6.45, 7) is 5.22. The van der Waals surface area contributed by atoms with Crippen molar-refractivity contribution >= 4 is 23.1 Å². The zero-order valence-corrected chi connectivity index (χ0v) is 13.0. The van der Waals surface area contributed by atoms with Gasteiger partial charge in [0.2, 0.25) is 0 Å². The SMILES string of the molecule is CCOc1ccccc1CNC(=S)Nc1ccc(C)cn1. The third-order valence-electron chi connectivity index (χ3n) is 2.86. The summed E-state index contributed by atoms with van der Waals surface area (Å²) in [5.74, 6) is 1.61. The highest BCUT2D eigenvalue weighted by molar-refractivity contribution is 7.80. The number of pyridine rings is 1. The van der Waals surface area contributed by atoms with Crippen molar-refractivity contribution in [3.63, 3.8) is 0 Å². The van der Waals surface area contributed by atoms with Crippen molar-refractivity contribution in [1.82, 2.24) is 10.3 Å². The van der Waals surface area contributed by atoms with Crippen LogP contribution in [0.4, 0.5) is 5.82 Å². The summed E-state index contributed by atoms with van der Waals surface area (Å²) in [6.07, 6.45) is 1.80. The minimum absolute atomic E-state index is 0.539. The normalized spacial score (nSPS) is 10.0. The Morgan fingerprint density at radius 3 is 2.76 bits per heavy atom. The van der Waals surface area contributed by atoms with Crippen molar-refractivity contribution in [2.45, 2.75) is 20.4 Å². The molecule has 2 aromatic rings. The number of anilines is 1. The van der Waals surface area contributed by atoms with Crippen LogP contribution in [0.1, 0.15) is 18.1 Å². The molecule has 0 atom stereocenters. The molecule has 0 fully saturated rings. The Balaban J connectivity index is 1.90. The lowest BCUT2D eigenvalue weighted by atomic mass is 10.2. The van der Waals surface area contributed by atoms with Crippen LogP contribution in [0.5, 0.6) is 5.75 Å². The predicted octanol–water partition coefficient (Wildman–Crippen LogP) is 3.28. The standard InChI is InChI=1S/C16H19N3OS/c1-3-20-14-7-5-4-6-13(14)11-18-16(21)19-15-9-8-12(2)10-17-15/h4-10H,3,11H2,1-2H3,(H2,17,18,19,21). The lowest BCUT2D eigenvalue weighted by Gasteiger charge is -2.13.